The number of allylic oxidation sites excluding steroid dienone is 30. The third-order valence-corrected chi connectivity index (χ3v) is 15.2. The van der Waals surface area contributed by atoms with Crippen LogP contribution in [0.4, 0.5) is 0 Å². The van der Waals surface area contributed by atoms with Crippen LogP contribution in [-0.2, 0) is 33.3 Å². The van der Waals surface area contributed by atoms with E-state index in [2.05, 4.69) is 196 Å². The zero-order chi connectivity index (χ0) is 67.5. The van der Waals surface area contributed by atoms with E-state index < -0.39 is 24.3 Å². The van der Waals surface area contributed by atoms with Crippen molar-refractivity contribution < 1.29 is 42.9 Å². The maximum Gasteiger partial charge on any atom is 0.361 e. The highest BCUT2D eigenvalue weighted by atomic mass is 16.7. The number of nitrogens with zero attached hydrogens (tertiary/aromatic N) is 1. The fourth-order valence-corrected chi connectivity index (χ4v) is 9.60. The zero-order valence-corrected chi connectivity index (χ0v) is 59.8. The molecule has 0 spiro atoms. The SMILES string of the molecule is CC/C=C\C/C=C\C/C=C\C/C=C\C/C=C\C/C=C\C/C=C\C/C=C\CCCCCCCCCCC(=O)OC(COC(=O)CCCCCCCCCCCCCCC/C=C\C/C=C\C/C=C\C/C=C\C/C=C\C/C=C\C/C=C\CC)COC(OCC[N+](C)(C)C)C(=O)O. The van der Waals surface area contributed by atoms with Gasteiger partial charge >= 0.3 is 17.9 Å². The van der Waals surface area contributed by atoms with Gasteiger partial charge in [-0.15, -0.1) is 0 Å². The van der Waals surface area contributed by atoms with Crippen molar-refractivity contribution in [2.75, 3.05) is 47.5 Å². The normalized spacial score (nSPS) is 13.8. The molecule has 524 valence electrons. The first-order valence-corrected chi connectivity index (χ1v) is 36.9. The van der Waals surface area contributed by atoms with Crippen LogP contribution in [0.3, 0.4) is 0 Å². The Morgan fingerprint density at radius 3 is 0.860 bits per heavy atom. The average Bonchev–Trinajstić information content (AvgIpc) is 3.74. The lowest BCUT2D eigenvalue weighted by molar-refractivity contribution is -0.870. The highest BCUT2D eigenvalue weighted by Crippen LogP contribution is 2.16. The number of likely N-dealkylation sites (N-methyl/N-ethyl adjacent to an activating group) is 1. The number of ether oxygens (including phenoxy) is 4. The van der Waals surface area contributed by atoms with Crippen LogP contribution in [0.5, 0.6) is 0 Å². The summed E-state index contributed by atoms with van der Waals surface area (Å²) in [5.74, 6) is -2.03. The van der Waals surface area contributed by atoms with E-state index in [-0.39, 0.29) is 38.6 Å². The molecule has 9 nitrogen and oxygen atoms in total. The van der Waals surface area contributed by atoms with E-state index in [1.54, 1.807) is 0 Å². The molecule has 0 aliphatic heterocycles. The van der Waals surface area contributed by atoms with E-state index in [0.29, 0.717) is 17.4 Å². The van der Waals surface area contributed by atoms with Gasteiger partial charge in [0.2, 0.25) is 0 Å². The first-order valence-electron chi connectivity index (χ1n) is 36.9. The summed E-state index contributed by atoms with van der Waals surface area (Å²) in [4.78, 5) is 37.7. The van der Waals surface area contributed by atoms with Gasteiger partial charge in [0.1, 0.15) is 13.2 Å². The van der Waals surface area contributed by atoms with Gasteiger partial charge in [-0.3, -0.25) is 9.59 Å². The summed E-state index contributed by atoms with van der Waals surface area (Å²) in [6.45, 7) is 4.63. The molecule has 0 saturated carbocycles. The number of carboxylic acids is 1. The van der Waals surface area contributed by atoms with Gasteiger partial charge in [0.25, 0.3) is 6.29 Å². The van der Waals surface area contributed by atoms with E-state index >= 15 is 0 Å². The van der Waals surface area contributed by atoms with Gasteiger partial charge in [-0.1, -0.05) is 305 Å². The van der Waals surface area contributed by atoms with E-state index in [9.17, 15) is 19.5 Å². The lowest BCUT2D eigenvalue weighted by Gasteiger charge is -2.25. The van der Waals surface area contributed by atoms with Gasteiger partial charge in [-0.05, 0) is 135 Å². The monoisotopic (exact) mass is 1290 g/mol. The van der Waals surface area contributed by atoms with Crippen LogP contribution in [0.2, 0.25) is 0 Å². The summed E-state index contributed by atoms with van der Waals surface area (Å²) in [6, 6.07) is 0. The number of carboxylic acid groups (broad SMARTS) is 1. The number of carbonyl (C=O) groups excluding carboxylic acids is 2. The van der Waals surface area contributed by atoms with Crippen molar-refractivity contribution in [1.82, 2.24) is 0 Å². The number of hydrogen-bond donors (Lipinski definition) is 1. The summed E-state index contributed by atoms with van der Waals surface area (Å²) in [5, 5.41) is 9.76. The molecule has 0 saturated heterocycles. The maximum absolute atomic E-state index is 13.0. The molecule has 0 bridgehead atoms. The molecule has 0 aliphatic rings. The lowest BCUT2D eigenvalue weighted by atomic mass is 10.0. The third kappa shape index (κ3) is 73.7. The summed E-state index contributed by atoms with van der Waals surface area (Å²) in [7, 11) is 5.97. The Balaban J connectivity index is 4.17. The largest absolute Gasteiger partial charge is 0.477 e. The van der Waals surface area contributed by atoms with Crippen LogP contribution in [-0.4, -0.2) is 87.4 Å². The summed E-state index contributed by atoms with van der Waals surface area (Å²) < 4.78 is 23.0. The molecule has 0 fully saturated rings. The zero-order valence-electron chi connectivity index (χ0n) is 59.8. The molecule has 1 N–H and O–H groups in total. The Bertz CT molecular complexity index is 2190. The van der Waals surface area contributed by atoms with Crippen LogP contribution in [0.15, 0.2) is 182 Å². The number of unbranched alkanes of at least 4 members (excludes halogenated alkanes) is 21. The summed E-state index contributed by atoms with van der Waals surface area (Å²) in [5.41, 5.74) is 0. The van der Waals surface area contributed by atoms with Crippen molar-refractivity contribution in [2.45, 2.75) is 283 Å². The lowest BCUT2D eigenvalue weighted by Crippen LogP contribution is -2.40. The highest BCUT2D eigenvalue weighted by molar-refractivity contribution is 5.71. The summed E-state index contributed by atoms with van der Waals surface area (Å²) >= 11 is 0. The molecule has 0 rings (SSSR count). The van der Waals surface area contributed by atoms with Gasteiger partial charge in [0.15, 0.2) is 6.10 Å². The van der Waals surface area contributed by atoms with Crippen molar-refractivity contribution in [2.24, 2.45) is 0 Å². The Labute approximate surface area is 570 Å². The molecule has 0 amide bonds. The van der Waals surface area contributed by atoms with Crippen LogP contribution in [0.1, 0.15) is 271 Å². The van der Waals surface area contributed by atoms with Gasteiger partial charge in [-0.25, -0.2) is 4.79 Å². The molecule has 0 aromatic heterocycles. The molecule has 9 heteroatoms. The second kappa shape index (κ2) is 72.2. The molecule has 2 atom stereocenters. The number of rotatable bonds is 66. The minimum absolute atomic E-state index is 0.177. The smallest absolute Gasteiger partial charge is 0.361 e. The predicted octanol–water partition coefficient (Wildman–Crippen LogP) is 23.6. The van der Waals surface area contributed by atoms with Crippen molar-refractivity contribution in [3.63, 3.8) is 0 Å². The fraction of sp³-hybridized carbons (Fsp3) is 0.607. The summed E-state index contributed by atoms with van der Waals surface area (Å²) in [6.07, 6.45) is 107. The van der Waals surface area contributed by atoms with Crippen LogP contribution in [0.25, 0.3) is 0 Å². The minimum atomic E-state index is -1.53. The first kappa shape index (κ1) is 87.4. The predicted molar refractivity (Wildman–Crippen MR) is 400 cm³/mol. The van der Waals surface area contributed by atoms with E-state index in [0.717, 1.165) is 141 Å². The second-order valence-electron chi connectivity index (χ2n) is 25.1. The van der Waals surface area contributed by atoms with Crippen molar-refractivity contribution >= 4 is 17.9 Å². The molecule has 0 heterocycles. The molecule has 2 unspecified atom stereocenters. The number of aliphatic carboxylic acids is 1. The topological polar surface area (TPSA) is 108 Å². The van der Waals surface area contributed by atoms with Gasteiger partial charge < -0.3 is 28.5 Å². The fourth-order valence-electron chi connectivity index (χ4n) is 9.60. The van der Waals surface area contributed by atoms with E-state index in [1.165, 1.54) is 96.3 Å². The third-order valence-electron chi connectivity index (χ3n) is 15.2. The molecule has 0 radical (unpaired) electrons. The second-order valence-corrected chi connectivity index (χ2v) is 25.1. The van der Waals surface area contributed by atoms with Gasteiger partial charge in [0, 0.05) is 12.8 Å². The van der Waals surface area contributed by atoms with Crippen LogP contribution in [0, 0.1) is 0 Å². The molecule has 0 aromatic rings. The van der Waals surface area contributed by atoms with Crippen LogP contribution >= 0.6 is 0 Å². The average molecular weight is 1290 g/mol. The van der Waals surface area contributed by atoms with Crippen molar-refractivity contribution in [1.29, 1.82) is 0 Å². The number of quaternary nitrogens is 1. The van der Waals surface area contributed by atoms with Gasteiger partial charge in [-0.2, -0.15) is 0 Å². The van der Waals surface area contributed by atoms with Crippen LogP contribution < -0.4 is 0 Å². The maximum atomic E-state index is 13.0. The van der Waals surface area contributed by atoms with E-state index in [1.807, 2.05) is 21.1 Å². The van der Waals surface area contributed by atoms with Crippen molar-refractivity contribution in [3.05, 3.63) is 182 Å². The molecular weight excluding hydrogens is 1150 g/mol. The Hall–Kier alpha value is -5.61. The number of esters is 2. The van der Waals surface area contributed by atoms with Gasteiger partial charge in [0.05, 0.1) is 34.4 Å². The highest BCUT2D eigenvalue weighted by Gasteiger charge is 2.25. The quantitative estimate of drug-likeness (QED) is 0.0211. The molecule has 93 heavy (non-hydrogen) atoms. The molecule has 0 aromatic carbocycles. The Morgan fingerprint density at radius 2 is 0.581 bits per heavy atom. The molecular formula is C84H136NO8+. The van der Waals surface area contributed by atoms with Crippen molar-refractivity contribution in [3.8, 4) is 0 Å². The number of carbonyl (C=O) groups is 3. The molecule has 0 aliphatic carbocycles. The minimum Gasteiger partial charge on any atom is -0.477 e. The Kier molecular flexibility index (Phi) is 67.9. The Morgan fingerprint density at radius 1 is 0.323 bits per heavy atom. The standard InChI is InChI=1S/C84H135NO8/c1-6-8-10-12-14-16-18-20-22-24-26-28-30-32-34-36-38-40-41-43-44-46-48-50-52-54-56-58-60-62-64-66-68-70-72-74-81(86)91-78-80(79-92-84(83(88)89)90-77-76-85(3,4)5)93-82(87)75-73-71-69-67-65-63-61-59-57-55-53-51-49-47-45-42-39-37-35-33-31-29-27-25-23-21-19-17-15-13-11-9-7-2/h8-11,14-17,20-23,26-29,32-35,38-40,42-44,47,49,53,55,80,84H,6-7,12-13,18-19,24-25,30-31,36-37,41,45-46,48,50-52,54,56-79H2,1-5H3/p+1/b10-8-,11-9-,16-14-,17-15-,22-20-,23-21-,28-26-,29-27-,34-32-,35-33-,40-38-,42-39-,44-43-,49-47-,55-53-. The van der Waals surface area contributed by atoms with E-state index in [4.69, 9.17) is 18.9 Å². The first-order chi connectivity index (χ1) is 45.6. The number of hydrogen-bond acceptors (Lipinski definition) is 7.